The fourth-order valence-corrected chi connectivity index (χ4v) is 4.62. The van der Waals surface area contributed by atoms with Gasteiger partial charge in [0.15, 0.2) is 0 Å². The zero-order chi connectivity index (χ0) is 25.1. The molecular weight excluding hydrogens is 412 g/mol. The van der Waals surface area contributed by atoms with Gasteiger partial charge in [-0.25, -0.2) is 0 Å². The van der Waals surface area contributed by atoms with Crippen LogP contribution in [0.3, 0.4) is 0 Å². The smallest absolute Gasteiger partial charge is 0.0469 e. The highest BCUT2D eigenvalue weighted by Crippen LogP contribution is 2.42. The van der Waals surface area contributed by atoms with Crippen LogP contribution in [0.2, 0.25) is 0 Å². The van der Waals surface area contributed by atoms with Crippen LogP contribution in [0.5, 0.6) is 0 Å². The standard InChI is InChI=1S/C20H26.C11H16O.C2H6/c1-4-12-17(5-2)20(3,18-13-8-6-9-14-18)19-15-10-7-11-16-19;1-2-12-10-6-9-11-7-4-3-5-8-11;1-2/h6-11,13-17H,4-5,12H2,1-3H3;3-5,7-8H,2,6,9-10H2,1H3;1-2H3. The first-order valence-corrected chi connectivity index (χ1v) is 13.4. The molecule has 1 nitrogen and oxygen atoms in total. The normalized spacial score (nSPS) is 11.5. The molecule has 0 fully saturated rings. The minimum atomic E-state index is 0.104. The maximum Gasteiger partial charge on any atom is 0.0469 e. The Morgan fingerprint density at radius 3 is 1.59 bits per heavy atom. The van der Waals surface area contributed by atoms with Crippen LogP contribution in [0.15, 0.2) is 91.0 Å². The predicted molar refractivity (Wildman–Crippen MR) is 151 cm³/mol. The molecule has 0 N–H and O–H groups in total. The average Bonchev–Trinajstić information content (AvgIpc) is 2.92. The first-order chi connectivity index (χ1) is 16.7. The van der Waals surface area contributed by atoms with E-state index in [4.69, 9.17) is 4.74 Å². The second-order valence-electron chi connectivity index (χ2n) is 8.61. The van der Waals surface area contributed by atoms with E-state index in [0.29, 0.717) is 5.92 Å². The number of hydrogen-bond acceptors (Lipinski definition) is 1. The summed E-state index contributed by atoms with van der Waals surface area (Å²) in [6.07, 6.45) is 5.98. The van der Waals surface area contributed by atoms with Gasteiger partial charge < -0.3 is 4.74 Å². The Kier molecular flexibility index (Phi) is 15.7. The number of aryl methyl sites for hydroxylation is 1. The minimum Gasteiger partial charge on any atom is -0.382 e. The molecule has 0 amide bonds. The largest absolute Gasteiger partial charge is 0.382 e. The predicted octanol–water partition coefficient (Wildman–Crippen LogP) is 9.50. The highest BCUT2D eigenvalue weighted by Gasteiger charge is 2.35. The highest BCUT2D eigenvalue weighted by molar-refractivity contribution is 5.39. The zero-order valence-electron chi connectivity index (χ0n) is 22.6. The molecule has 0 radical (unpaired) electrons. The fourth-order valence-electron chi connectivity index (χ4n) is 4.62. The first kappa shape index (κ1) is 29.7. The van der Waals surface area contributed by atoms with E-state index in [1.165, 1.54) is 36.0 Å². The van der Waals surface area contributed by atoms with Crippen LogP contribution < -0.4 is 0 Å². The Morgan fingerprint density at radius 2 is 1.18 bits per heavy atom. The first-order valence-electron chi connectivity index (χ1n) is 13.4. The summed E-state index contributed by atoms with van der Waals surface area (Å²) < 4.78 is 5.26. The molecule has 0 aliphatic rings. The van der Waals surface area contributed by atoms with Crippen LogP contribution in [0, 0.1) is 5.92 Å². The molecule has 3 aromatic carbocycles. The van der Waals surface area contributed by atoms with E-state index < -0.39 is 0 Å². The summed E-state index contributed by atoms with van der Waals surface area (Å²) in [6, 6.07) is 32.5. The molecular formula is C33H48O. The quantitative estimate of drug-likeness (QED) is 0.259. The summed E-state index contributed by atoms with van der Waals surface area (Å²) in [5.41, 5.74) is 4.38. The van der Waals surface area contributed by atoms with Crippen molar-refractivity contribution in [2.75, 3.05) is 13.2 Å². The molecule has 0 aromatic heterocycles. The number of rotatable bonds is 11. The maximum atomic E-state index is 5.26. The summed E-state index contributed by atoms with van der Waals surface area (Å²) in [7, 11) is 0. The van der Waals surface area contributed by atoms with E-state index in [-0.39, 0.29) is 5.41 Å². The van der Waals surface area contributed by atoms with E-state index in [0.717, 1.165) is 26.1 Å². The second-order valence-corrected chi connectivity index (χ2v) is 8.61. The van der Waals surface area contributed by atoms with E-state index in [1.807, 2.05) is 26.8 Å². The molecule has 3 aromatic rings. The summed E-state index contributed by atoms with van der Waals surface area (Å²) in [5, 5.41) is 0. The molecule has 0 aliphatic heterocycles. The van der Waals surface area contributed by atoms with Crippen LogP contribution >= 0.6 is 0 Å². The van der Waals surface area contributed by atoms with Gasteiger partial charge in [-0.2, -0.15) is 0 Å². The summed E-state index contributed by atoms with van der Waals surface area (Å²) >= 11 is 0. The van der Waals surface area contributed by atoms with Crippen molar-refractivity contribution in [3.63, 3.8) is 0 Å². The van der Waals surface area contributed by atoms with Crippen molar-refractivity contribution in [3.05, 3.63) is 108 Å². The van der Waals surface area contributed by atoms with Crippen LogP contribution in [-0.2, 0) is 16.6 Å². The summed E-state index contributed by atoms with van der Waals surface area (Å²) in [4.78, 5) is 0. The Bertz CT molecular complexity index is 787. The van der Waals surface area contributed by atoms with Crippen molar-refractivity contribution >= 4 is 0 Å². The molecule has 0 bridgehead atoms. The lowest BCUT2D eigenvalue weighted by molar-refractivity contribution is 0.145. The zero-order valence-corrected chi connectivity index (χ0v) is 22.6. The molecule has 0 saturated carbocycles. The average molecular weight is 461 g/mol. The number of hydrogen-bond donors (Lipinski definition) is 0. The van der Waals surface area contributed by atoms with E-state index in [1.54, 1.807) is 0 Å². The number of benzene rings is 3. The van der Waals surface area contributed by atoms with Crippen molar-refractivity contribution in [1.82, 2.24) is 0 Å². The molecule has 0 spiro atoms. The van der Waals surface area contributed by atoms with Crippen LogP contribution in [0.1, 0.15) is 83.9 Å². The third kappa shape index (κ3) is 9.47. The number of ether oxygens (including phenoxy) is 1. The lowest BCUT2D eigenvalue weighted by atomic mass is 9.65. The van der Waals surface area contributed by atoms with Gasteiger partial charge in [-0.15, -0.1) is 0 Å². The van der Waals surface area contributed by atoms with Crippen molar-refractivity contribution in [2.24, 2.45) is 5.92 Å². The molecule has 0 saturated heterocycles. The Morgan fingerprint density at radius 1 is 0.706 bits per heavy atom. The fraction of sp³-hybridized carbons (Fsp3) is 0.455. The third-order valence-corrected chi connectivity index (χ3v) is 6.49. The van der Waals surface area contributed by atoms with E-state index in [9.17, 15) is 0 Å². The van der Waals surface area contributed by atoms with Gasteiger partial charge >= 0.3 is 0 Å². The van der Waals surface area contributed by atoms with E-state index >= 15 is 0 Å². The van der Waals surface area contributed by atoms with Crippen LogP contribution in [0.25, 0.3) is 0 Å². The molecule has 1 heteroatoms. The lowest BCUT2D eigenvalue weighted by Crippen LogP contribution is -2.33. The van der Waals surface area contributed by atoms with Gasteiger partial charge in [0.1, 0.15) is 0 Å². The monoisotopic (exact) mass is 460 g/mol. The molecule has 0 aliphatic carbocycles. The summed E-state index contributed by atoms with van der Waals surface area (Å²) in [6.45, 7) is 14.8. The SMILES string of the molecule is CC.CCCC(CC)C(C)(c1ccccc1)c1ccccc1.CCOCCCc1ccccc1. The van der Waals surface area contributed by atoms with Gasteiger partial charge in [-0.1, -0.05) is 138 Å². The molecule has 3 rings (SSSR count). The van der Waals surface area contributed by atoms with Crippen LogP contribution in [-0.4, -0.2) is 13.2 Å². The van der Waals surface area contributed by atoms with Crippen molar-refractivity contribution < 1.29 is 4.74 Å². The van der Waals surface area contributed by atoms with E-state index in [2.05, 4.69) is 106 Å². The molecule has 34 heavy (non-hydrogen) atoms. The Hall–Kier alpha value is -2.38. The van der Waals surface area contributed by atoms with Crippen molar-refractivity contribution in [1.29, 1.82) is 0 Å². The summed E-state index contributed by atoms with van der Waals surface area (Å²) in [5.74, 6) is 0.678. The van der Waals surface area contributed by atoms with Crippen molar-refractivity contribution in [3.8, 4) is 0 Å². The van der Waals surface area contributed by atoms with Crippen LogP contribution in [0.4, 0.5) is 0 Å². The second kappa shape index (κ2) is 18.0. The van der Waals surface area contributed by atoms with Gasteiger partial charge in [-0.05, 0) is 48.8 Å². The molecule has 0 heterocycles. The highest BCUT2D eigenvalue weighted by atomic mass is 16.5. The molecule has 1 atom stereocenters. The van der Waals surface area contributed by atoms with Gasteiger partial charge in [0.2, 0.25) is 0 Å². The lowest BCUT2D eigenvalue weighted by Gasteiger charge is -2.39. The maximum absolute atomic E-state index is 5.26. The topological polar surface area (TPSA) is 9.23 Å². The van der Waals surface area contributed by atoms with Gasteiger partial charge in [0.05, 0.1) is 0 Å². The van der Waals surface area contributed by atoms with Crippen molar-refractivity contribution in [2.45, 2.75) is 79.1 Å². The Labute approximate surface area is 210 Å². The third-order valence-electron chi connectivity index (χ3n) is 6.49. The Balaban J connectivity index is 0.000000353. The van der Waals surface area contributed by atoms with Gasteiger partial charge in [0.25, 0.3) is 0 Å². The molecule has 186 valence electrons. The van der Waals surface area contributed by atoms with Gasteiger partial charge in [0, 0.05) is 18.6 Å². The van der Waals surface area contributed by atoms with Gasteiger partial charge in [-0.3, -0.25) is 0 Å². The molecule has 1 unspecified atom stereocenters. The minimum absolute atomic E-state index is 0.104.